The summed E-state index contributed by atoms with van der Waals surface area (Å²) >= 11 is 1.50. The van der Waals surface area contributed by atoms with Crippen LogP contribution in [-0.4, -0.2) is 10.2 Å². The van der Waals surface area contributed by atoms with Gasteiger partial charge in [-0.15, -0.1) is 10.2 Å². The molecule has 1 aromatic heterocycles. The van der Waals surface area contributed by atoms with Gasteiger partial charge >= 0.3 is 0 Å². The summed E-state index contributed by atoms with van der Waals surface area (Å²) in [5, 5.41) is 8.60. The van der Waals surface area contributed by atoms with E-state index in [0.29, 0.717) is 16.8 Å². The molecule has 0 amide bonds. The zero-order valence-electron chi connectivity index (χ0n) is 11.1. The van der Waals surface area contributed by atoms with Crippen molar-refractivity contribution >= 4 is 17.4 Å². The molecule has 0 bridgehead atoms. The van der Waals surface area contributed by atoms with Crippen LogP contribution < -0.4 is 0 Å². The van der Waals surface area contributed by atoms with Gasteiger partial charge in [0.15, 0.2) is 5.69 Å². The fraction of sp³-hybridized carbons (Fsp3) is 0.0625. The van der Waals surface area contributed by atoms with Crippen LogP contribution in [-0.2, 0) is 5.75 Å². The first-order valence-electron chi connectivity index (χ1n) is 6.33. The van der Waals surface area contributed by atoms with Crippen molar-refractivity contribution in [2.75, 3.05) is 0 Å². The quantitative estimate of drug-likeness (QED) is 0.521. The molecule has 21 heavy (non-hydrogen) atoms. The number of aromatic nitrogens is 2. The molecule has 0 atom stereocenters. The van der Waals surface area contributed by atoms with Gasteiger partial charge in [0.2, 0.25) is 5.89 Å². The van der Waals surface area contributed by atoms with E-state index < -0.39 is 0 Å². The third kappa shape index (κ3) is 3.30. The van der Waals surface area contributed by atoms with Gasteiger partial charge < -0.3 is 4.42 Å². The van der Waals surface area contributed by atoms with E-state index in [1.807, 2.05) is 30.3 Å². The van der Waals surface area contributed by atoms with Crippen LogP contribution in [0, 0.1) is 6.57 Å². The van der Waals surface area contributed by atoms with Gasteiger partial charge in [-0.05, 0) is 11.6 Å². The summed E-state index contributed by atoms with van der Waals surface area (Å²) < 4.78 is 5.63. The summed E-state index contributed by atoms with van der Waals surface area (Å²) in [5.74, 6) is 1.22. The van der Waals surface area contributed by atoms with E-state index in [9.17, 15) is 0 Å². The summed E-state index contributed by atoms with van der Waals surface area (Å²) in [6, 6.07) is 17.3. The number of hydrogen-bond donors (Lipinski definition) is 0. The molecule has 102 valence electrons. The van der Waals surface area contributed by atoms with Gasteiger partial charge in [0, 0.05) is 11.3 Å². The van der Waals surface area contributed by atoms with E-state index in [2.05, 4.69) is 27.2 Å². The molecular formula is C16H11N3OS. The Morgan fingerprint density at radius 1 is 1.05 bits per heavy atom. The highest BCUT2D eigenvalue weighted by molar-refractivity contribution is 7.98. The molecule has 5 heteroatoms. The third-order valence-electron chi connectivity index (χ3n) is 2.83. The lowest BCUT2D eigenvalue weighted by molar-refractivity contribution is 0.466. The normalized spacial score (nSPS) is 10.2. The van der Waals surface area contributed by atoms with Crippen LogP contribution in [0.2, 0.25) is 0 Å². The maximum atomic E-state index is 7.02. The fourth-order valence-corrected chi connectivity index (χ4v) is 2.53. The van der Waals surface area contributed by atoms with E-state index in [-0.39, 0.29) is 0 Å². The van der Waals surface area contributed by atoms with Crippen LogP contribution in [0.1, 0.15) is 5.56 Å². The molecule has 0 fully saturated rings. The topological polar surface area (TPSA) is 43.3 Å². The lowest BCUT2D eigenvalue weighted by Crippen LogP contribution is -1.79. The van der Waals surface area contributed by atoms with Gasteiger partial charge in [-0.3, -0.25) is 0 Å². The summed E-state index contributed by atoms with van der Waals surface area (Å²) in [5.41, 5.74) is 2.53. The highest BCUT2D eigenvalue weighted by Crippen LogP contribution is 2.27. The van der Waals surface area contributed by atoms with Crippen molar-refractivity contribution in [1.82, 2.24) is 10.2 Å². The molecule has 0 saturated carbocycles. The van der Waals surface area contributed by atoms with Crippen molar-refractivity contribution in [1.29, 1.82) is 0 Å². The average molecular weight is 293 g/mol. The summed E-state index contributed by atoms with van der Waals surface area (Å²) in [6.45, 7) is 7.02. The van der Waals surface area contributed by atoms with E-state index >= 15 is 0 Å². The zero-order chi connectivity index (χ0) is 14.5. The van der Waals surface area contributed by atoms with Crippen LogP contribution >= 0.6 is 11.8 Å². The highest BCUT2D eigenvalue weighted by Gasteiger charge is 2.09. The molecule has 0 aliphatic carbocycles. The second kappa shape index (κ2) is 6.25. The minimum Gasteiger partial charge on any atom is -0.411 e. The van der Waals surface area contributed by atoms with Gasteiger partial charge in [-0.2, -0.15) is 0 Å². The van der Waals surface area contributed by atoms with Crippen molar-refractivity contribution in [3.8, 4) is 11.5 Å². The second-order valence-corrected chi connectivity index (χ2v) is 5.24. The fourth-order valence-electron chi connectivity index (χ4n) is 1.81. The Kier molecular flexibility index (Phi) is 3.99. The molecule has 0 N–H and O–H groups in total. The number of rotatable bonds is 4. The summed E-state index contributed by atoms with van der Waals surface area (Å²) in [4.78, 5) is 3.39. The van der Waals surface area contributed by atoms with Gasteiger partial charge in [0.05, 0.1) is 6.57 Å². The van der Waals surface area contributed by atoms with Gasteiger partial charge in [0.25, 0.3) is 5.22 Å². The van der Waals surface area contributed by atoms with E-state index in [1.54, 1.807) is 12.1 Å². The van der Waals surface area contributed by atoms with Crippen LogP contribution in [0.5, 0.6) is 0 Å². The van der Waals surface area contributed by atoms with Crippen molar-refractivity contribution in [3.63, 3.8) is 0 Å². The van der Waals surface area contributed by atoms with Gasteiger partial charge in [0.1, 0.15) is 0 Å². The highest BCUT2D eigenvalue weighted by atomic mass is 32.2. The molecule has 0 spiro atoms. The first-order valence-corrected chi connectivity index (χ1v) is 7.32. The number of hydrogen-bond acceptors (Lipinski definition) is 4. The first-order chi connectivity index (χ1) is 10.3. The van der Waals surface area contributed by atoms with Crippen molar-refractivity contribution in [3.05, 3.63) is 71.6 Å². The Morgan fingerprint density at radius 2 is 1.90 bits per heavy atom. The van der Waals surface area contributed by atoms with Crippen LogP contribution in [0.4, 0.5) is 5.69 Å². The van der Waals surface area contributed by atoms with Crippen molar-refractivity contribution < 1.29 is 4.42 Å². The maximum Gasteiger partial charge on any atom is 0.277 e. The molecule has 3 rings (SSSR count). The average Bonchev–Trinajstić information content (AvgIpc) is 3.03. The standard InChI is InChI=1S/C16H11N3OS/c1-17-14-9-5-8-13(10-14)15-18-19-16(20-15)21-11-12-6-3-2-4-7-12/h2-10H,11H2. The monoisotopic (exact) mass is 293 g/mol. The largest absolute Gasteiger partial charge is 0.411 e. The Hall–Kier alpha value is -2.58. The zero-order valence-corrected chi connectivity index (χ0v) is 11.9. The number of nitrogens with zero attached hydrogens (tertiary/aromatic N) is 3. The summed E-state index contributed by atoms with van der Waals surface area (Å²) in [6.07, 6.45) is 0. The van der Waals surface area contributed by atoms with Crippen LogP contribution in [0.15, 0.2) is 64.2 Å². The molecule has 0 aliphatic heterocycles. The summed E-state index contributed by atoms with van der Waals surface area (Å²) in [7, 11) is 0. The second-order valence-electron chi connectivity index (χ2n) is 4.31. The first kappa shape index (κ1) is 13.4. The van der Waals surface area contributed by atoms with Crippen molar-refractivity contribution in [2.24, 2.45) is 0 Å². The van der Waals surface area contributed by atoms with E-state index in [1.165, 1.54) is 17.3 Å². The van der Waals surface area contributed by atoms with Crippen LogP contribution in [0.3, 0.4) is 0 Å². The van der Waals surface area contributed by atoms with Gasteiger partial charge in [-0.1, -0.05) is 60.3 Å². The molecule has 4 nitrogen and oxygen atoms in total. The maximum absolute atomic E-state index is 7.02. The Morgan fingerprint density at radius 3 is 2.71 bits per heavy atom. The molecule has 3 aromatic rings. The predicted octanol–water partition coefficient (Wildman–Crippen LogP) is 4.58. The molecular weight excluding hydrogens is 282 g/mol. The molecule has 1 heterocycles. The number of benzene rings is 2. The third-order valence-corrected chi connectivity index (χ3v) is 3.72. The van der Waals surface area contributed by atoms with E-state index in [4.69, 9.17) is 11.0 Å². The van der Waals surface area contributed by atoms with Crippen LogP contribution in [0.25, 0.3) is 16.3 Å². The Bertz CT molecular complexity index is 777. The lowest BCUT2D eigenvalue weighted by atomic mass is 10.2. The Labute approximate surface area is 126 Å². The predicted molar refractivity (Wildman–Crippen MR) is 82.0 cm³/mol. The smallest absolute Gasteiger partial charge is 0.277 e. The van der Waals surface area contributed by atoms with Gasteiger partial charge in [-0.25, -0.2) is 4.85 Å². The molecule has 2 aromatic carbocycles. The Balaban J connectivity index is 1.73. The molecule has 0 unspecified atom stereocenters. The lowest BCUT2D eigenvalue weighted by Gasteiger charge is -1.97. The van der Waals surface area contributed by atoms with E-state index in [0.717, 1.165) is 11.3 Å². The molecule has 0 radical (unpaired) electrons. The molecule has 0 saturated heterocycles. The van der Waals surface area contributed by atoms with Crippen molar-refractivity contribution in [2.45, 2.75) is 11.0 Å². The molecule has 0 aliphatic rings. The minimum atomic E-state index is 0.441. The SMILES string of the molecule is [C-]#[N+]c1cccc(-c2nnc(SCc3ccccc3)o2)c1. The minimum absolute atomic E-state index is 0.441. The number of thioether (sulfide) groups is 1.